The van der Waals surface area contributed by atoms with Crippen molar-refractivity contribution in [1.82, 2.24) is 57.2 Å². The third-order valence-electron chi connectivity index (χ3n) is 25.2. The number of carbonyl (C=O) groups is 6. The molecule has 7 atom stereocenters. The predicted octanol–water partition coefficient (Wildman–Crippen LogP) is 14.3. The van der Waals surface area contributed by atoms with Gasteiger partial charge in [0.1, 0.15) is 6.29 Å². The number of rotatable bonds is 36. The van der Waals surface area contributed by atoms with Gasteiger partial charge in [-0.15, -0.1) is 0 Å². The maximum atomic E-state index is 14.3. The van der Waals surface area contributed by atoms with Crippen LogP contribution in [0.5, 0.6) is 0 Å². The molecule has 0 aromatic heterocycles. The minimum absolute atomic E-state index is 0.000146. The van der Waals surface area contributed by atoms with Crippen LogP contribution in [0.25, 0.3) is 32.3 Å². The Hall–Kier alpha value is -12.6. The molecular formula is C109H129N15O6. The van der Waals surface area contributed by atoms with Crippen molar-refractivity contribution in [1.29, 1.82) is 0 Å². The fraction of sp³-hybridized carbons (Fsp3) is 0.330. The zero-order valence-corrected chi connectivity index (χ0v) is 75.3. The van der Waals surface area contributed by atoms with Gasteiger partial charge in [-0.2, -0.15) is 0 Å². The van der Waals surface area contributed by atoms with Crippen LogP contribution >= 0.6 is 0 Å². The summed E-state index contributed by atoms with van der Waals surface area (Å²) in [5.74, 6) is 0.843. The van der Waals surface area contributed by atoms with Gasteiger partial charge in [-0.1, -0.05) is 292 Å². The van der Waals surface area contributed by atoms with Crippen molar-refractivity contribution in [2.75, 3.05) is 79.0 Å². The molecule has 0 saturated carbocycles. The molecule has 3 aliphatic heterocycles. The molecule has 0 unspecified atom stereocenters. The first-order chi connectivity index (χ1) is 63.5. The van der Waals surface area contributed by atoms with E-state index in [-0.39, 0.29) is 89.4 Å². The van der Waals surface area contributed by atoms with Crippen molar-refractivity contribution < 1.29 is 28.8 Å². The highest BCUT2D eigenvalue weighted by atomic mass is 16.2. The van der Waals surface area contributed by atoms with Gasteiger partial charge in [-0.25, -0.2) is 0 Å². The lowest BCUT2D eigenvalue weighted by Gasteiger charge is -2.30. The lowest BCUT2D eigenvalue weighted by atomic mass is 9.90. The molecule has 15 rings (SSSR count). The van der Waals surface area contributed by atoms with E-state index < -0.39 is 12.3 Å². The molecule has 0 radical (unpaired) electrons. The molecule has 21 heteroatoms. The minimum atomic E-state index is -0.601. The molecule has 130 heavy (non-hydrogen) atoms. The topological polar surface area (TPSA) is 299 Å². The van der Waals surface area contributed by atoms with Gasteiger partial charge < -0.3 is 69.1 Å². The van der Waals surface area contributed by atoms with Gasteiger partial charge in [0.05, 0.1) is 24.0 Å². The summed E-state index contributed by atoms with van der Waals surface area (Å²) in [4.78, 5) is 91.5. The minimum Gasteiger partial charge on any atom is -0.387 e. The molecule has 21 nitrogen and oxygen atoms in total. The average Bonchev–Trinajstić information content (AvgIpc) is 0.976. The Balaban J connectivity index is 0.000000166. The summed E-state index contributed by atoms with van der Waals surface area (Å²) in [5, 5.41) is 33.3. The molecule has 0 bridgehead atoms. The number of hydrogen-bond acceptors (Lipinski definition) is 14. The van der Waals surface area contributed by atoms with Crippen molar-refractivity contribution in [2.45, 2.75) is 151 Å². The lowest BCUT2D eigenvalue weighted by molar-refractivity contribution is -0.133. The second kappa shape index (κ2) is 49.3. The highest BCUT2D eigenvalue weighted by Gasteiger charge is 2.38. The monoisotopic (exact) mass is 1740 g/mol. The number of benzene rings is 12. The summed E-state index contributed by atoms with van der Waals surface area (Å²) in [6, 6.07) is 103. The first-order valence-corrected chi connectivity index (χ1v) is 46.4. The number of nitrogens with one attached hydrogen (secondary N) is 8. The van der Waals surface area contributed by atoms with Crippen LogP contribution in [0.15, 0.2) is 314 Å². The third-order valence-corrected chi connectivity index (χ3v) is 25.2. The smallest absolute Gasteiger partial charge is 0.251 e. The number of hydrogen-bond donors (Lipinski definition) is 11. The molecular weight excluding hydrogens is 1620 g/mol. The average molecular weight is 1750 g/mol. The van der Waals surface area contributed by atoms with Crippen LogP contribution in [-0.2, 0) is 25.6 Å². The SMILES string of the molecule is CC(=O)N[C@@H](Cc1ccc2ccccc2c1)[C@@H]1CCN(CC(c2ccccc2)c2ccccc2)C(=O)[C@H](CCCNC(N)N)N1.CCC(N)=NCCC[C@@H]1N[C@H](CNC(=O)c2ccc3ccccc3c2)CCN(CC(c2ccccc2)c2ccccc2)C1=O.CNCCC[C@@H]1N[C@H](CNC(=O)c2ccc3ccccc3c2)CCN(CC(c2ccccc2)c2ccccc2)C1=O. The predicted molar refractivity (Wildman–Crippen MR) is 526 cm³/mol. The van der Waals surface area contributed by atoms with Crippen LogP contribution < -0.4 is 59.7 Å². The Morgan fingerprint density at radius 3 is 1.15 bits per heavy atom. The number of amides is 6. The van der Waals surface area contributed by atoms with Crippen LogP contribution in [0, 0.1) is 0 Å². The molecule has 0 aliphatic carbocycles. The number of nitrogens with two attached hydrogens (primary N) is 3. The molecule has 3 fully saturated rings. The number of carbonyl (C=O) groups excluding carboxylic acids is 6. The van der Waals surface area contributed by atoms with Crippen molar-refractivity contribution >= 4 is 73.6 Å². The molecule has 12 aromatic rings. The van der Waals surface area contributed by atoms with E-state index in [1.165, 1.54) is 44.2 Å². The zero-order valence-electron chi connectivity index (χ0n) is 75.3. The van der Waals surface area contributed by atoms with Gasteiger partial charge in [-0.3, -0.25) is 39.1 Å². The van der Waals surface area contributed by atoms with Gasteiger partial charge in [0.15, 0.2) is 0 Å². The summed E-state index contributed by atoms with van der Waals surface area (Å²) in [5.41, 5.74) is 26.9. The van der Waals surface area contributed by atoms with E-state index in [2.05, 4.69) is 223 Å². The normalized spacial score (nSPS) is 17.7. The number of nitrogens with zero attached hydrogens (tertiary/aromatic N) is 4. The highest BCUT2D eigenvalue weighted by molar-refractivity contribution is 6.00. The molecule has 12 aromatic carbocycles. The van der Waals surface area contributed by atoms with Crippen LogP contribution in [0.3, 0.4) is 0 Å². The Kier molecular flexibility index (Phi) is 36.0. The van der Waals surface area contributed by atoms with Crippen LogP contribution in [0.4, 0.5) is 0 Å². The van der Waals surface area contributed by atoms with E-state index >= 15 is 0 Å². The van der Waals surface area contributed by atoms with E-state index in [4.69, 9.17) is 17.2 Å². The standard InChI is InChI=1S/C37H46N6O2.C37H43N5O2.C35H40N4O2/c1-26(44)41-35(24-27-18-19-28-11-8-9-16-31(28)23-27)33-20-22-43(36(45)34(42-33)17-10-21-40-37(38)39)25-32(29-12-4-2-5-13-29)30-14-6-3-7-15-30;1-2-35(38)39-22-11-18-34-37(44)42(26-33(28-13-5-3-6-14-28)29-15-7-4-8-16-29)23-21-32(41-34)25-40-36(43)31-20-19-27-12-9-10-17-30(27)24-31;1-36-21-10-17-33-35(41)39(25-32(27-12-4-2-5-13-27)28-14-6-3-7-15-28)22-20-31(38-33)24-37-34(40)30-19-18-26-11-8-9-16-29(26)23-30/h2-9,11-16,18-19,23,32-35,37,40,42H,10,17,20-22,24-25,38-39H2,1H3,(H,41,44);3-10,12-17,19-20,24,32-34,41H,2,11,18,21-23,25-26H2,1H3,(H2,38,39)(H,40,43);2-9,11-16,18-19,23,31-33,36,38H,10,17,20-22,24-25H2,1H3,(H,37,40)/t33-,34-,35-;32-,34-;31-,33-/m000/s1. The van der Waals surface area contributed by atoms with Crippen LogP contribution in [0.2, 0.25) is 0 Å². The molecule has 3 aliphatic rings. The van der Waals surface area contributed by atoms with E-state index in [1.807, 2.05) is 162 Å². The van der Waals surface area contributed by atoms with Gasteiger partial charge in [0.25, 0.3) is 11.8 Å². The Labute approximate surface area is 766 Å². The number of fused-ring (bicyclic) bond motifs is 3. The quantitative estimate of drug-likeness (QED) is 0.00753. The number of aliphatic imine (C=N–C) groups is 1. The number of amidine groups is 1. The van der Waals surface area contributed by atoms with E-state index in [0.717, 1.165) is 72.2 Å². The van der Waals surface area contributed by atoms with Gasteiger partial charge in [0.2, 0.25) is 23.6 Å². The van der Waals surface area contributed by atoms with E-state index in [9.17, 15) is 28.8 Å². The molecule has 3 saturated heterocycles. The van der Waals surface area contributed by atoms with Crippen molar-refractivity contribution in [2.24, 2.45) is 22.2 Å². The first-order valence-electron chi connectivity index (χ1n) is 46.4. The summed E-state index contributed by atoms with van der Waals surface area (Å²) in [7, 11) is 1.93. The van der Waals surface area contributed by atoms with E-state index in [1.54, 1.807) is 6.92 Å². The fourth-order valence-corrected chi connectivity index (χ4v) is 18.1. The second-order valence-corrected chi connectivity index (χ2v) is 34.5. The first kappa shape index (κ1) is 95.0. The zero-order chi connectivity index (χ0) is 90.8. The Morgan fingerprint density at radius 2 is 0.769 bits per heavy atom. The van der Waals surface area contributed by atoms with Crippen molar-refractivity contribution in [3.8, 4) is 0 Å². The van der Waals surface area contributed by atoms with Gasteiger partial charge in [-0.05, 0) is 180 Å². The molecule has 0 spiro atoms. The molecule has 6 amide bonds. The Bertz CT molecular complexity index is 5490. The van der Waals surface area contributed by atoms with Crippen LogP contribution in [0.1, 0.15) is 155 Å². The van der Waals surface area contributed by atoms with Crippen molar-refractivity contribution in [3.05, 3.63) is 359 Å². The van der Waals surface area contributed by atoms with Gasteiger partial charge >= 0.3 is 0 Å². The van der Waals surface area contributed by atoms with E-state index in [0.29, 0.717) is 115 Å². The summed E-state index contributed by atoms with van der Waals surface area (Å²) < 4.78 is 0. The molecule has 14 N–H and O–H groups in total. The largest absolute Gasteiger partial charge is 0.387 e. The summed E-state index contributed by atoms with van der Waals surface area (Å²) >= 11 is 0. The van der Waals surface area contributed by atoms with Gasteiger partial charge in [0, 0.05) is 125 Å². The summed E-state index contributed by atoms with van der Waals surface area (Å²) in [6.45, 7) is 10.1. The second-order valence-electron chi connectivity index (χ2n) is 34.5. The maximum Gasteiger partial charge on any atom is 0.251 e. The maximum absolute atomic E-state index is 14.3. The lowest BCUT2D eigenvalue weighted by Crippen LogP contribution is -2.54. The fourth-order valence-electron chi connectivity index (χ4n) is 18.1. The van der Waals surface area contributed by atoms with Crippen molar-refractivity contribution in [3.63, 3.8) is 0 Å². The third kappa shape index (κ3) is 27.7. The summed E-state index contributed by atoms with van der Waals surface area (Å²) in [6.07, 6.45) is 7.36. The highest BCUT2D eigenvalue weighted by Crippen LogP contribution is 2.33. The molecule has 3 heterocycles. The molecule has 676 valence electrons. The Morgan fingerprint density at radius 1 is 0.423 bits per heavy atom. The van der Waals surface area contributed by atoms with Crippen LogP contribution in [-0.4, -0.2) is 184 Å².